The summed E-state index contributed by atoms with van der Waals surface area (Å²) in [6, 6.07) is 7.44. The molecule has 0 atom stereocenters. The molecule has 0 saturated heterocycles. The molecule has 0 bridgehead atoms. The predicted molar refractivity (Wildman–Crippen MR) is 64.8 cm³/mol. The smallest absolute Gasteiger partial charge is 0.247 e. The van der Waals surface area contributed by atoms with Gasteiger partial charge in [-0.1, -0.05) is 17.7 Å². The van der Waals surface area contributed by atoms with Crippen molar-refractivity contribution in [2.24, 2.45) is 0 Å². The normalized spacial score (nSPS) is 10.9. The van der Waals surface area contributed by atoms with E-state index >= 15 is 0 Å². The first-order valence-corrected chi connectivity index (χ1v) is 5.46. The lowest BCUT2D eigenvalue weighted by molar-refractivity contribution is 0.533. The molecule has 0 aliphatic rings. The van der Waals surface area contributed by atoms with E-state index in [0.29, 0.717) is 16.8 Å². The Morgan fingerprint density at radius 1 is 1.18 bits per heavy atom. The first-order valence-electron chi connectivity index (χ1n) is 5.09. The van der Waals surface area contributed by atoms with Gasteiger partial charge in [0.1, 0.15) is 0 Å². The van der Waals surface area contributed by atoms with Gasteiger partial charge in [-0.15, -0.1) is 10.2 Å². The molecule has 5 heteroatoms. The lowest BCUT2D eigenvalue weighted by Crippen LogP contribution is -1.82. The molecule has 0 spiro atoms. The van der Waals surface area contributed by atoms with Gasteiger partial charge in [0.15, 0.2) is 0 Å². The van der Waals surface area contributed by atoms with Gasteiger partial charge in [0.05, 0.1) is 10.5 Å². The second-order valence-corrected chi connectivity index (χ2v) is 4.06. The Labute approximate surface area is 102 Å². The van der Waals surface area contributed by atoms with Crippen LogP contribution in [-0.2, 0) is 0 Å². The minimum atomic E-state index is 0.492. The second-order valence-electron chi connectivity index (χ2n) is 3.65. The molecule has 0 N–H and O–H groups in total. The van der Waals surface area contributed by atoms with E-state index in [1.54, 1.807) is 19.2 Å². The number of halogens is 1. The molecule has 2 aromatic heterocycles. The monoisotopic (exact) mass is 245 g/mol. The van der Waals surface area contributed by atoms with E-state index < -0.39 is 0 Å². The Hall–Kier alpha value is -1.94. The van der Waals surface area contributed by atoms with Crippen molar-refractivity contribution in [1.29, 1.82) is 0 Å². The van der Waals surface area contributed by atoms with Crippen molar-refractivity contribution in [1.82, 2.24) is 15.2 Å². The van der Waals surface area contributed by atoms with Crippen molar-refractivity contribution in [3.63, 3.8) is 0 Å². The van der Waals surface area contributed by atoms with Crippen LogP contribution < -0.4 is 0 Å². The van der Waals surface area contributed by atoms with E-state index in [-0.39, 0.29) is 0 Å². The summed E-state index contributed by atoms with van der Waals surface area (Å²) >= 11 is 6.07. The van der Waals surface area contributed by atoms with Gasteiger partial charge in [-0.25, -0.2) is 0 Å². The van der Waals surface area contributed by atoms with Crippen LogP contribution in [0.1, 0.15) is 5.89 Å². The zero-order valence-corrected chi connectivity index (χ0v) is 9.77. The van der Waals surface area contributed by atoms with E-state index in [2.05, 4.69) is 15.2 Å². The van der Waals surface area contributed by atoms with Crippen LogP contribution >= 0.6 is 11.6 Å². The van der Waals surface area contributed by atoms with Crippen molar-refractivity contribution in [2.75, 3.05) is 0 Å². The largest absolute Gasteiger partial charge is 0.421 e. The maximum Gasteiger partial charge on any atom is 0.247 e. The lowest BCUT2D eigenvalue weighted by Gasteiger charge is -2.00. The third kappa shape index (κ3) is 1.76. The van der Waals surface area contributed by atoms with Gasteiger partial charge >= 0.3 is 0 Å². The molecule has 0 aliphatic carbocycles. The summed E-state index contributed by atoms with van der Waals surface area (Å²) in [4.78, 5) is 4.26. The third-order valence-corrected chi connectivity index (χ3v) is 2.79. The molecule has 0 fully saturated rings. The number of hydrogen-bond acceptors (Lipinski definition) is 4. The van der Waals surface area contributed by atoms with Crippen molar-refractivity contribution in [2.45, 2.75) is 6.92 Å². The summed E-state index contributed by atoms with van der Waals surface area (Å²) in [6.07, 6.45) is 1.67. The number of aromatic nitrogens is 3. The summed E-state index contributed by atoms with van der Waals surface area (Å²) in [5.41, 5.74) is 1.65. The third-order valence-electron chi connectivity index (χ3n) is 2.46. The molecule has 3 rings (SSSR count). The number of nitrogens with zero attached hydrogens (tertiary/aromatic N) is 3. The maximum atomic E-state index is 6.07. The van der Waals surface area contributed by atoms with Gasteiger partial charge in [0.2, 0.25) is 11.8 Å². The summed E-state index contributed by atoms with van der Waals surface area (Å²) in [6.45, 7) is 1.76. The van der Waals surface area contributed by atoms with Crippen molar-refractivity contribution < 1.29 is 4.42 Å². The quantitative estimate of drug-likeness (QED) is 0.660. The molecule has 0 saturated carbocycles. The summed E-state index contributed by atoms with van der Waals surface area (Å²) < 4.78 is 5.37. The highest BCUT2D eigenvalue weighted by atomic mass is 35.5. The van der Waals surface area contributed by atoms with Crippen LogP contribution in [-0.4, -0.2) is 15.2 Å². The molecule has 2 heterocycles. The van der Waals surface area contributed by atoms with E-state index in [9.17, 15) is 0 Å². The van der Waals surface area contributed by atoms with Gasteiger partial charge in [-0.3, -0.25) is 4.98 Å². The maximum absolute atomic E-state index is 6.07. The SMILES string of the molecule is Cc1nnc(-c2ccc3c(Cl)ccnc3c2)o1. The predicted octanol–water partition coefficient (Wildman–Crippen LogP) is 3.25. The van der Waals surface area contributed by atoms with Crippen LogP contribution in [0.3, 0.4) is 0 Å². The first kappa shape index (κ1) is 10.2. The molecular weight excluding hydrogens is 238 g/mol. The molecule has 1 aromatic carbocycles. The van der Waals surface area contributed by atoms with E-state index in [0.717, 1.165) is 16.5 Å². The zero-order valence-electron chi connectivity index (χ0n) is 9.01. The van der Waals surface area contributed by atoms with Crippen LogP contribution in [0, 0.1) is 6.92 Å². The Morgan fingerprint density at radius 3 is 2.82 bits per heavy atom. The first-order chi connectivity index (χ1) is 8.24. The highest BCUT2D eigenvalue weighted by molar-refractivity contribution is 6.35. The Morgan fingerprint density at radius 2 is 2.06 bits per heavy atom. The second kappa shape index (κ2) is 3.82. The molecule has 0 radical (unpaired) electrons. The van der Waals surface area contributed by atoms with Crippen LogP contribution in [0.4, 0.5) is 0 Å². The summed E-state index contributed by atoms with van der Waals surface area (Å²) in [7, 11) is 0. The van der Waals surface area contributed by atoms with Gasteiger partial charge in [0.25, 0.3) is 0 Å². The molecular formula is C12H8ClN3O. The molecule has 0 aliphatic heterocycles. The minimum Gasteiger partial charge on any atom is -0.421 e. The van der Waals surface area contributed by atoms with Gasteiger partial charge in [-0.05, 0) is 18.2 Å². The van der Waals surface area contributed by atoms with E-state index in [1.165, 1.54) is 0 Å². The van der Waals surface area contributed by atoms with E-state index in [4.69, 9.17) is 16.0 Å². The molecule has 4 nitrogen and oxygen atoms in total. The Kier molecular flexibility index (Phi) is 2.30. The number of pyridine rings is 1. The zero-order chi connectivity index (χ0) is 11.8. The van der Waals surface area contributed by atoms with Crippen LogP contribution in [0.5, 0.6) is 0 Å². The average Bonchev–Trinajstić information content (AvgIpc) is 2.76. The van der Waals surface area contributed by atoms with Gasteiger partial charge in [-0.2, -0.15) is 0 Å². The fraction of sp³-hybridized carbons (Fsp3) is 0.0833. The average molecular weight is 246 g/mol. The number of benzene rings is 1. The van der Waals surface area contributed by atoms with Gasteiger partial charge < -0.3 is 4.42 Å². The minimum absolute atomic E-state index is 0.492. The summed E-state index contributed by atoms with van der Waals surface area (Å²) in [5.74, 6) is 1.03. The van der Waals surface area contributed by atoms with Crippen molar-refractivity contribution >= 4 is 22.5 Å². The molecule has 17 heavy (non-hydrogen) atoms. The standard InChI is InChI=1S/C12H8ClN3O/c1-7-15-16-12(17-7)8-2-3-9-10(13)4-5-14-11(9)6-8/h2-6H,1H3. The van der Waals surface area contributed by atoms with Crippen LogP contribution in [0.15, 0.2) is 34.9 Å². The number of fused-ring (bicyclic) bond motifs is 1. The van der Waals surface area contributed by atoms with Crippen LogP contribution in [0.2, 0.25) is 5.02 Å². The highest BCUT2D eigenvalue weighted by Gasteiger charge is 2.08. The van der Waals surface area contributed by atoms with E-state index in [1.807, 2.05) is 18.2 Å². The van der Waals surface area contributed by atoms with Crippen molar-refractivity contribution in [3.05, 3.63) is 41.4 Å². The number of aryl methyl sites for hydroxylation is 1. The van der Waals surface area contributed by atoms with Gasteiger partial charge in [0, 0.05) is 24.1 Å². The number of hydrogen-bond donors (Lipinski definition) is 0. The molecule has 3 aromatic rings. The topological polar surface area (TPSA) is 51.8 Å². The highest BCUT2D eigenvalue weighted by Crippen LogP contribution is 2.26. The molecule has 84 valence electrons. The molecule has 0 amide bonds. The fourth-order valence-electron chi connectivity index (χ4n) is 1.66. The summed E-state index contributed by atoms with van der Waals surface area (Å²) in [5, 5.41) is 9.36. The molecule has 0 unspecified atom stereocenters. The van der Waals surface area contributed by atoms with Crippen molar-refractivity contribution in [3.8, 4) is 11.5 Å². The lowest BCUT2D eigenvalue weighted by atomic mass is 10.1. The fourth-order valence-corrected chi connectivity index (χ4v) is 1.88. The Bertz CT molecular complexity index is 693. The Balaban J connectivity index is 2.20. The van der Waals surface area contributed by atoms with Crippen LogP contribution in [0.25, 0.3) is 22.4 Å². The number of rotatable bonds is 1.